The fourth-order valence-corrected chi connectivity index (χ4v) is 5.09. The van der Waals surface area contributed by atoms with Crippen molar-refractivity contribution in [2.75, 3.05) is 16.8 Å². The molecule has 32 heavy (non-hydrogen) atoms. The van der Waals surface area contributed by atoms with Crippen LogP contribution in [0.15, 0.2) is 29.1 Å². The van der Waals surface area contributed by atoms with Gasteiger partial charge in [0.25, 0.3) is 5.56 Å². The van der Waals surface area contributed by atoms with E-state index < -0.39 is 11.6 Å². The monoisotopic (exact) mass is 432 g/mol. The summed E-state index contributed by atoms with van der Waals surface area (Å²) in [6.45, 7) is 4.08. The number of esters is 1. The molecule has 0 radical (unpaired) electrons. The highest BCUT2D eigenvalue weighted by molar-refractivity contribution is 6.19. The number of hydrogen-bond donors (Lipinski definition) is 2. The van der Waals surface area contributed by atoms with Crippen LogP contribution < -0.4 is 15.8 Å². The second-order valence-corrected chi connectivity index (χ2v) is 8.26. The maximum atomic E-state index is 13.4. The van der Waals surface area contributed by atoms with Crippen molar-refractivity contribution < 1.29 is 19.4 Å². The maximum absolute atomic E-state index is 13.4. The average Bonchev–Trinajstić information content (AvgIpc) is 3.16. The average molecular weight is 432 g/mol. The third-order valence-electron chi connectivity index (χ3n) is 6.76. The van der Waals surface area contributed by atoms with Gasteiger partial charge in [0, 0.05) is 23.1 Å². The smallest absolute Gasteiger partial charge is 0.343 e. The van der Waals surface area contributed by atoms with E-state index >= 15 is 0 Å². The number of aromatic nitrogens is 2. The van der Waals surface area contributed by atoms with Gasteiger partial charge in [-0.05, 0) is 31.5 Å². The Labute approximate surface area is 182 Å². The SMILES string of the molecule is CCN1C(=O)Nc2cccc3nc4c(c1c23)Cn1c-4cc2c(c1=O)COC(=O)[C@]2(O)CC. The predicted molar refractivity (Wildman–Crippen MR) is 117 cm³/mol. The normalized spacial score (nSPS) is 20.5. The van der Waals surface area contributed by atoms with Crippen molar-refractivity contribution in [2.24, 2.45) is 0 Å². The van der Waals surface area contributed by atoms with Crippen molar-refractivity contribution in [3.63, 3.8) is 0 Å². The number of cyclic esters (lactones) is 1. The summed E-state index contributed by atoms with van der Waals surface area (Å²) in [7, 11) is 0. The first kappa shape index (κ1) is 19.0. The molecule has 5 heterocycles. The van der Waals surface area contributed by atoms with Gasteiger partial charge >= 0.3 is 12.0 Å². The number of hydrogen-bond acceptors (Lipinski definition) is 6. The number of nitrogens with one attached hydrogen (secondary N) is 1. The molecular formula is C23H20N4O5. The van der Waals surface area contributed by atoms with Crippen molar-refractivity contribution in [3.8, 4) is 11.4 Å². The van der Waals surface area contributed by atoms with Crippen LogP contribution in [0.4, 0.5) is 16.2 Å². The van der Waals surface area contributed by atoms with Crippen LogP contribution in [0.25, 0.3) is 22.3 Å². The molecular weight excluding hydrogens is 412 g/mol. The highest BCUT2D eigenvalue weighted by atomic mass is 16.6. The van der Waals surface area contributed by atoms with E-state index in [1.165, 1.54) is 0 Å². The number of aliphatic hydroxyl groups is 1. The first-order valence-corrected chi connectivity index (χ1v) is 10.6. The van der Waals surface area contributed by atoms with Gasteiger partial charge in [0.15, 0.2) is 5.60 Å². The molecule has 1 aromatic carbocycles. The lowest BCUT2D eigenvalue weighted by Crippen LogP contribution is -2.44. The van der Waals surface area contributed by atoms with Crippen molar-refractivity contribution in [2.45, 2.75) is 39.0 Å². The van der Waals surface area contributed by atoms with Gasteiger partial charge in [-0.2, -0.15) is 0 Å². The quantitative estimate of drug-likeness (QED) is 0.471. The van der Waals surface area contributed by atoms with Gasteiger partial charge in [-0.1, -0.05) is 13.0 Å². The molecule has 0 unspecified atom stereocenters. The summed E-state index contributed by atoms with van der Waals surface area (Å²) in [6.07, 6.45) is 0.0815. The van der Waals surface area contributed by atoms with Crippen LogP contribution in [0, 0.1) is 0 Å². The molecule has 2 amide bonds. The van der Waals surface area contributed by atoms with E-state index in [2.05, 4.69) is 5.32 Å². The van der Waals surface area contributed by atoms with Gasteiger partial charge in [0.1, 0.15) is 6.61 Å². The highest BCUT2D eigenvalue weighted by Gasteiger charge is 2.45. The number of anilines is 2. The minimum atomic E-state index is -1.88. The minimum absolute atomic E-state index is 0.0815. The fraction of sp³-hybridized carbons (Fsp3) is 0.304. The lowest BCUT2D eigenvalue weighted by Gasteiger charge is -2.31. The minimum Gasteiger partial charge on any atom is -0.458 e. The molecule has 162 valence electrons. The molecule has 3 aromatic rings. The third kappa shape index (κ3) is 2.16. The van der Waals surface area contributed by atoms with Crippen LogP contribution in [-0.2, 0) is 28.3 Å². The van der Waals surface area contributed by atoms with Crippen molar-refractivity contribution >= 4 is 34.3 Å². The number of benzene rings is 1. The van der Waals surface area contributed by atoms with Crippen LogP contribution in [0.5, 0.6) is 0 Å². The van der Waals surface area contributed by atoms with Crippen molar-refractivity contribution in [1.29, 1.82) is 0 Å². The van der Waals surface area contributed by atoms with Gasteiger partial charge in [-0.3, -0.25) is 9.69 Å². The number of amides is 2. The Balaban J connectivity index is 1.69. The predicted octanol–water partition coefficient (Wildman–Crippen LogP) is 2.45. The molecule has 3 aliphatic rings. The van der Waals surface area contributed by atoms with Crippen LogP contribution >= 0.6 is 0 Å². The zero-order chi connectivity index (χ0) is 22.4. The van der Waals surface area contributed by atoms with E-state index in [9.17, 15) is 19.5 Å². The van der Waals surface area contributed by atoms with Gasteiger partial charge in [-0.25, -0.2) is 14.6 Å². The molecule has 3 aliphatic heterocycles. The fourth-order valence-electron chi connectivity index (χ4n) is 5.09. The van der Waals surface area contributed by atoms with Crippen LogP contribution in [0.1, 0.15) is 37.0 Å². The van der Waals surface area contributed by atoms with Gasteiger partial charge in [-0.15, -0.1) is 0 Å². The first-order valence-electron chi connectivity index (χ1n) is 10.6. The van der Waals surface area contributed by atoms with Crippen LogP contribution in [0.3, 0.4) is 0 Å². The van der Waals surface area contributed by atoms with Gasteiger partial charge < -0.3 is 19.7 Å². The summed E-state index contributed by atoms with van der Waals surface area (Å²) < 4.78 is 6.72. The van der Waals surface area contributed by atoms with E-state index in [1.54, 1.807) is 22.5 Å². The Morgan fingerprint density at radius 1 is 1.22 bits per heavy atom. The summed E-state index contributed by atoms with van der Waals surface area (Å²) in [5.74, 6) is -0.755. The number of pyridine rings is 2. The Morgan fingerprint density at radius 2 is 2.03 bits per heavy atom. The summed E-state index contributed by atoms with van der Waals surface area (Å²) in [5.41, 5.74) is 2.34. The molecule has 9 nitrogen and oxygen atoms in total. The standard InChI is InChI=1S/C23H20N4O5/c1-3-23(31)13-8-16-18-11(9-27(16)20(28)12(13)10-32-21(23)29)19-17-14(24-18)6-5-7-15(17)25-22(30)26(19)4-2/h5-8,31H,3-4,9-10H2,1-2H3,(H,25,30)/t23-/m0/s1. The number of rotatable bonds is 2. The Hall–Kier alpha value is -3.72. The van der Waals surface area contributed by atoms with Crippen molar-refractivity contribution in [3.05, 3.63) is 51.3 Å². The summed E-state index contributed by atoms with van der Waals surface area (Å²) in [4.78, 5) is 45.0. The molecule has 0 spiro atoms. The number of carbonyl (C=O) groups is 2. The van der Waals surface area contributed by atoms with Gasteiger partial charge in [0.05, 0.1) is 40.4 Å². The first-order chi connectivity index (χ1) is 15.4. The topological polar surface area (TPSA) is 114 Å². The maximum Gasteiger partial charge on any atom is 0.343 e. The highest BCUT2D eigenvalue weighted by Crippen LogP contribution is 2.46. The van der Waals surface area contributed by atoms with E-state index in [4.69, 9.17) is 9.72 Å². The molecule has 0 aliphatic carbocycles. The van der Waals surface area contributed by atoms with E-state index in [0.29, 0.717) is 29.1 Å². The third-order valence-corrected chi connectivity index (χ3v) is 6.76. The lowest BCUT2D eigenvalue weighted by atomic mass is 9.86. The molecule has 0 fully saturated rings. The van der Waals surface area contributed by atoms with Crippen molar-refractivity contribution in [1.82, 2.24) is 9.55 Å². The van der Waals surface area contributed by atoms with Crippen LogP contribution in [0.2, 0.25) is 0 Å². The Morgan fingerprint density at radius 3 is 2.78 bits per heavy atom. The largest absolute Gasteiger partial charge is 0.458 e. The van der Waals surface area contributed by atoms with E-state index in [0.717, 1.165) is 16.6 Å². The number of ether oxygens (including phenoxy) is 1. The summed E-state index contributed by atoms with van der Waals surface area (Å²) in [6, 6.07) is 6.97. The molecule has 0 saturated heterocycles. The molecule has 2 aromatic heterocycles. The Kier molecular flexibility index (Phi) is 3.66. The number of fused-ring (bicyclic) bond motifs is 5. The molecule has 1 atom stereocenters. The molecule has 6 rings (SSSR count). The number of urea groups is 1. The second-order valence-electron chi connectivity index (χ2n) is 8.26. The Bertz CT molecular complexity index is 1440. The summed E-state index contributed by atoms with van der Waals surface area (Å²) in [5, 5.41) is 14.8. The molecule has 0 bridgehead atoms. The lowest BCUT2D eigenvalue weighted by molar-refractivity contribution is -0.172. The zero-order valence-electron chi connectivity index (χ0n) is 17.6. The molecule has 2 N–H and O–H groups in total. The number of nitrogens with zero attached hydrogens (tertiary/aromatic N) is 3. The van der Waals surface area contributed by atoms with E-state index in [1.807, 2.05) is 25.1 Å². The summed E-state index contributed by atoms with van der Waals surface area (Å²) >= 11 is 0. The second kappa shape index (κ2) is 6.17. The zero-order valence-corrected chi connectivity index (χ0v) is 17.6. The number of carbonyl (C=O) groups excluding carboxylic acids is 2. The van der Waals surface area contributed by atoms with Crippen LogP contribution in [-0.4, -0.2) is 33.2 Å². The van der Waals surface area contributed by atoms with Gasteiger partial charge in [0.2, 0.25) is 0 Å². The van der Waals surface area contributed by atoms with E-state index in [-0.39, 0.29) is 42.3 Å². The molecule has 9 heteroatoms. The molecule has 0 saturated carbocycles.